The van der Waals surface area contributed by atoms with E-state index >= 15 is 0 Å². The van der Waals surface area contributed by atoms with Crippen molar-refractivity contribution in [3.63, 3.8) is 0 Å². The Hall–Kier alpha value is -1.40. The first-order valence-corrected chi connectivity index (χ1v) is 8.02. The van der Waals surface area contributed by atoms with Gasteiger partial charge in [0.1, 0.15) is 6.04 Å². The molecule has 20 heavy (non-hydrogen) atoms. The summed E-state index contributed by atoms with van der Waals surface area (Å²) in [5, 5.41) is 9.24. The van der Waals surface area contributed by atoms with Gasteiger partial charge in [-0.05, 0) is 25.0 Å². The normalized spacial score (nSPS) is 13.4. The topological polar surface area (TPSA) is 74.7 Å². The summed E-state index contributed by atoms with van der Waals surface area (Å²) >= 11 is 0. The molecule has 112 valence electrons. The Morgan fingerprint density at radius 3 is 2.45 bits per heavy atom. The summed E-state index contributed by atoms with van der Waals surface area (Å²) in [7, 11) is -2.46. The van der Waals surface area contributed by atoms with Crippen LogP contribution in [0.4, 0.5) is 0 Å². The molecule has 0 aliphatic carbocycles. The molecule has 0 fully saturated rings. The predicted molar refractivity (Wildman–Crippen MR) is 77.1 cm³/mol. The number of sulfonamides is 1. The van der Waals surface area contributed by atoms with Crippen molar-refractivity contribution in [3.05, 3.63) is 29.8 Å². The van der Waals surface area contributed by atoms with E-state index in [9.17, 15) is 18.3 Å². The fraction of sp³-hybridized carbons (Fsp3) is 0.500. The van der Waals surface area contributed by atoms with Gasteiger partial charge >= 0.3 is 5.97 Å². The van der Waals surface area contributed by atoms with Gasteiger partial charge in [0.15, 0.2) is 0 Å². The third-order valence-electron chi connectivity index (χ3n) is 3.31. The van der Waals surface area contributed by atoms with E-state index in [0.29, 0.717) is 18.4 Å². The molecule has 0 aromatic heterocycles. The summed E-state index contributed by atoms with van der Waals surface area (Å²) < 4.78 is 26.0. The number of hydrogen-bond acceptors (Lipinski definition) is 3. The van der Waals surface area contributed by atoms with Crippen LogP contribution in [0.15, 0.2) is 29.2 Å². The van der Waals surface area contributed by atoms with Crippen molar-refractivity contribution in [2.75, 3.05) is 7.05 Å². The van der Waals surface area contributed by atoms with Crippen molar-refractivity contribution in [1.29, 1.82) is 0 Å². The lowest BCUT2D eigenvalue weighted by atomic mass is 10.1. The van der Waals surface area contributed by atoms with Crippen LogP contribution in [0.3, 0.4) is 0 Å². The molecule has 0 amide bonds. The second-order valence-corrected chi connectivity index (χ2v) is 6.75. The molecule has 1 unspecified atom stereocenters. The van der Waals surface area contributed by atoms with Gasteiger partial charge in [0.2, 0.25) is 10.0 Å². The van der Waals surface area contributed by atoms with Crippen molar-refractivity contribution in [2.45, 2.75) is 44.0 Å². The van der Waals surface area contributed by atoms with Crippen LogP contribution in [0, 0.1) is 6.92 Å². The number of carboxylic acid groups (broad SMARTS) is 1. The Morgan fingerprint density at radius 2 is 1.95 bits per heavy atom. The molecule has 0 saturated carbocycles. The Balaban J connectivity index is 3.13. The third kappa shape index (κ3) is 3.58. The van der Waals surface area contributed by atoms with E-state index in [4.69, 9.17) is 0 Å². The van der Waals surface area contributed by atoms with Crippen LogP contribution in [-0.4, -0.2) is 36.9 Å². The van der Waals surface area contributed by atoms with E-state index in [1.165, 1.54) is 13.1 Å². The highest BCUT2D eigenvalue weighted by Gasteiger charge is 2.32. The number of aliphatic carboxylic acids is 1. The minimum absolute atomic E-state index is 0.158. The van der Waals surface area contributed by atoms with E-state index in [-0.39, 0.29) is 4.90 Å². The van der Waals surface area contributed by atoms with Gasteiger partial charge in [-0.3, -0.25) is 4.79 Å². The third-order valence-corrected chi connectivity index (χ3v) is 5.33. The highest BCUT2D eigenvalue weighted by atomic mass is 32.2. The zero-order valence-corrected chi connectivity index (χ0v) is 12.9. The van der Waals surface area contributed by atoms with Crippen molar-refractivity contribution >= 4 is 16.0 Å². The maximum atomic E-state index is 12.5. The summed E-state index contributed by atoms with van der Waals surface area (Å²) in [5.41, 5.74) is 0.610. The standard InChI is InChI=1S/C14H21NO4S/c1-4-5-9-12(14(16)17)15(3)20(18,19)13-10-7-6-8-11(13)2/h6-8,10,12H,4-5,9H2,1-3H3,(H,16,17). The molecule has 0 aliphatic rings. The largest absolute Gasteiger partial charge is 0.480 e. The smallest absolute Gasteiger partial charge is 0.322 e. The molecule has 0 radical (unpaired) electrons. The number of hydrogen-bond donors (Lipinski definition) is 1. The second-order valence-electron chi connectivity index (χ2n) is 4.78. The molecule has 0 saturated heterocycles. The molecule has 1 N–H and O–H groups in total. The van der Waals surface area contributed by atoms with Gasteiger partial charge in [-0.1, -0.05) is 38.0 Å². The zero-order chi connectivity index (χ0) is 15.3. The van der Waals surface area contributed by atoms with E-state index in [0.717, 1.165) is 10.7 Å². The molecular formula is C14H21NO4S. The van der Waals surface area contributed by atoms with E-state index in [2.05, 4.69) is 0 Å². The van der Waals surface area contributed by atoms with Gasteiger partial charge in [0.05, 0.1) is 4.90 Å². The van der Waals surface area contributed by atoms with Crippen LogP contribution in [0.25, 0.3) is 0 Å². The van der Waals surface area contributed by atoms with Crippen molar-refractivity contribution in [2.24, 2.45) is 0 Å². The molecule has 0 bridgehead atoms. The number of carboxylic acids is 1. The molecule has 0 aliphatic heterocycles. The first-order chi connectivity index (χ1) is 9.32. The zero-order valence-electron chi connectivity index (χ0n) is 12.0. The summed E-state index contributed by atoms with van der Waals surface area (Å²) in [6.07, 6.45) is 1.81. The molecular weight excluding hydrogens is 278 g/mol. The maximum absolute atomic E-state index is 12.5. The quantitative estimate of drug-likeness (QED) is 0.838. The van der Waals surface area contributed by atoms with Gasteiger partial charge in [-0.2, -0.15) is 4.31 Å². The van der Waals surface area contributed by atoms with Gasteiger partial charge in [0, 0.05) is 7.05 Å². The molecule has 1 aromatic carbocycles. The molecule has 6 heteroatoms. The minimum Gasteiger partial charge on any atom is -0.480 e. The average molecular weight is 299 g/mol. The summed E-state index contributed by atoms with van der Waals surface area (Å²) in [6.45, 7) is 3.64. The number of rotatable bonds is 7. The monoisotopic (exact) mass is 299 g/mol. The summed E-state index contributed by atoms with van der Waals surface area (Å²) in [4.78, 5) is 11.5. The van der Waals surface area contributed by atoms with Crippen LogP contribution < -0.4 is 0 Å². The van der Waals surface area contributed by atoms with Crippen LogP contribution in [0.5, 0.6) is 0 Å². The lowest BCUT2D eigenvalue weighted by molar-refractivity contribution is -0.141. The van der Waals surface area contributed by atoms with Crippen LogP contribution in [0.2, 0.25) is 0 Å². The van der Waals surface area contributed by atoms with Crippen molar-refractivity contribution < 1.29 is 18.3 Å². The number of benzene rings is 1. The van der Waals surface area contributed by atoms with Crippen LogP contribution in [-0.2, 0) is 14.8 Å². The number of carbonyl (C=O) groups is 1. The number of unbranched alkanes of at least 4 members (excludes halogenated alkanes) is 1. The lowest BCUT2D eigenvalue weighted by Crippen LogP contribution is -2.42. The van der Waals surface area contributed by atoms with Crippen LogP contribution in [0.1, 0.15) is 31.7 Å². The Morgan fingerprint density at radius 1 is 1.35 bits per heavy atom. The highest BCUT2D eigenvalue weighted by Crippen LogP contribution is 2.22. The van der Waals surface area contributed by atoms with Gasteiger partial charge in [-0.15, -0.1) is 0 Å². The number of nitrogens with zero attached hydrogens (tertiary/aromatic N) is 1. The van der Waals surface area contributed by atoms with Gasteiger partial charge < -0.3 is 5.11 Å². The second kappa shape index (κ2) is 6.85. The highest BCUT2D eigenvalue weighted by molar-refractivity contribution is 7.89. The molecule has 0 spiro atoms. The Kier molecular flexibility index (Phi) is 5.71. The Labute approximate surface area is 120 Å². The maximum Gasteiger partial charge on any atom is 0.322 e. The van der Waals surface area contributed by atoms with E-state index < -0.39 is 22.0 Å². The molecule has 1 aromatic rings. The average Bonchev–Trinajstić information content (AvgIpc) is 2.38. The molecule has 1 rings (SSSR count). The predicted octanol–water partition coefficient (Wildman–Crippen LogP) is 2.26. The van der Waals surface area contributed by atoms with Crippen molar-refractivity contribution in [3.8, 4) is 0 Å². The fourth-order valence-electron chi connectivity index (χ4n) is 2.03. The van der Waals surface area contributed by atoms with Gasteiger partial charge in [-0.25, -0.2) is 8.42 Å². The Bertz CT molecular complexity index is 568. The molecule has 1 atom stereocenters. The van der Waals surface area contributed by atoms with Crippen LogP contribution >= 0.6 is 0 Å². The summed E-state index contributed by atoms with van der Waals surface area (Å²) in [5.74, 6) is -1.11. The number of aryl methyl sites for hydroxylation is 1. The molecule has 5 nitrogen and oxygen atoms in total. The first-order valence-electron chi connectivity index (χ1n) is 6.58. The SMILES string of the molecule is CCCCC(C(=O)O)N(C)S(=O)(=O)c1ccccc1C. The summed E-state index contributed by atoms with van der Waals surface area (Å²) in [6, 6.07) is 5.55. The lowest BCUT2D eigenvalue weighted by Gasteiger charge is -2.24. The van der Waals surface area contributed by atoms with Gasteiger partial charge in [0.25, 0.3) is 0 Å². The van der Waals surface area contributed by atoms with E-state index in [1.807, 2.05) is 6.92 Å². The van der Waals surface area contributed by atoms with Crippen molar-refractivity contribution in [1.82, 2.24) is 4.31 Å². The number of likely N-dealkylation sites (N-methyl/N-ethyl adjacent to an activating group) is 1. The fourth-order valence-corrected chi connectivity index (χ4v) is 3.59. The molecule has 0 heterocycles. The van der Waals surface area contributed by atoms with E-state index in [1.54, 1.807) is 25.1 Å². The minimum atomic E-state index is -3.79. The first kappa shape index (κ1) is 16.7.